The molecule has 0 heterocycles. The summed E-state index contributed by atoms with van der Waals surface area (Å²) in [5.74, 6) is 0.365. The molecule has 108 valence electrons. The van der Waals surface area contributed by atoms with Crippen molar-refractivity contribution in [3.05, 3.63) is 48.0 Å². The predicted octanol–water partition coefficient (Wildman–Crippen LogP) is 4.35. The molecule has 0 aliphatic heterocycles. The van der Waals surface area contributed by atoms with Crippen molar-refractivity contribution in [1.29, 1.82) is 0 Å². The second kappa shape index (κ2) is 6.67. The average molecular weight is 271 g/mol. The summed E-state index contributed by atoms with van der Waals surface area (Å²) in [6.45, 7) is 6.91. The van der Waals surface area contributed by atoms with E-state index in [9.17, 15) is 4.79 Å². The Morgan fingerprint density at radius 2 is 1.85 bits per heavy atom. The van der Waals surface area contributed by atoms with Gasteiger partial charge in [-0.15, -0.1) is 0 Å². The maximum absolute atomic E-state index is 12.6. The van der Waals surface area contributed by atoms with E-state index < -0.39 is 0 Å². The van der Waals surface area contributed by atoms with E-state index in [0.29, 0.717) is 0 Å². The highest BCUT2D eigenvalue weighted by atomic mass is 16.1. The van der Waals surface area contributed by atoms with Crippen LogP contribution in [0.3, 0.4) is 0 Å². The highest BCUT2D eigenvalue weighted by Gasteiger charge is 2.24. The first-order valence-electron chi connectivity index (χ1n) is 7.43. The fourth-order valence-corrected chi connectivity index (χ4v) is 2.56. The molecule has 0 spiro atoms. The van der Waals surface area contributed by atoms with Crippen molar-refractivity contribution in [2.24, 2.45) is 5.92 Å². The number of hydrogen-bond acceptors (Lipinski definition) is 2. The minimum absolute atomic E-state index is 0. The van der Waals surface area contributed by atoms with E-state index in [-0.39, 0.29) is 19.2 Å². The Bertz CT molecular complexity index is 591. The van der Waals surface area contributed by atoms with E-state index in [2.05, 4.69) is 36.5 Å². The van der Waals surface area contributed by atoms with Gasteiger partial charge in [0.1, 0.15) is 0 Å². The molecule has 2 aromatic rings. The second-order valence-electron chi connectivity index (χ2n) is 5.27. The van der Waals surface area contributed by atoms with Gasteiger partial charge in [-0.25, -0.2) is 0 Å². The van der Waals surface area contributed by atoms with Crippen LogP contribution >= 0.6 is 0 Å². The quantitative estimate of drug-likeness (QED) is 0.846. The molecule has 1 unspecified atom stereocenters. The highest BCUT2D eigenvalue weighted by molar-refractivity contribution is 5.94. The van der Waals surface area contributed by atoms with Gasteiger partial charge in [0.15, 0.2) is 5.78 Å². The van der Waals surface area contributed by atoms with Gasteiger partial charge in [0.25, 0.3) is 0 Å². The number of carbonyl (C=O) groups is 1. The third-order valence-electron chi connectivity index (χ3n) is 3.93. The minimum Gasteiger partial charge on any atom is -0.304 e. The van der Waals surface area contributed by atoms with Crippen molar-refractivity contribution in [1.82, 2.24) is 5.32 Å². The van der Waals surface area contributed by atoms with Gasteiger partial charge in [-0.2, -0.15) is 0 Å². The fourth-order valence-electron chi connectivity index (χ4n) is 2.56. The molecule has 0 aliphatic rings. The first kappa shape index (κ1) is 14.7. The van der Waals surface area contributed by atoms with Crippen molar-refractivity contribution < 1.29 is 6.22 Å². The molecule has 2 nitrogen and oxygen atoms in total. The molecule has 20 heavy (non-hydrogen) atoms. The summed E-state index contributed by atoms with van der Waals surface area (Å²) in [6, 6.07) is 14.2. The van der Waals surface area contributed by atoms with Crippen LogP contribution in [0.5, 0.6) is 0 Å². The molecule has 0 bridgehead atoms. The van der Waals surface area contributed by atoms with Gasteiger partial charge >= 0.3 is 0 Å². The normalized spacial score (nSPS) is 14.2. The summed E-state index contributed by atoms with van der Waals surface area (Å²) in [6.07, 6.45) is 0.880. The highest BCUT2D eigenvalue weighted by Crippen LogP contribution is 2.27. The molecule has 0 radical (unpaired) electrons. The number of Topliss-reactive ketones (excluding diaryl/α,β-unsaturated/α-hetero) is 1. The molecule has 0 aromatic heterocycles. The zero-order valence-electron chi connectivity index (χ0n) is 12.5. The lowest BCUT2D eigenvalue weighted by molar-refractivity contribution is -0.124. The van der Waals surface area contributed by atoms with Crippen LogP contribution in [0, 0.1) is 5.92 Å². The van der Waals surface area contributed by atoms with Crippen molar-refractivity contribution in [3.8, 4) is 0 Å². The van der Waals surface area contributed by atoms with E-state index in [0.717, 1.165) is 23.9 Å². The van der Waals surface area contributed by atoms with Crippen LogP contribution < -0.4 is 5.32 Å². The molecule has 2 aromatic carbocycles. The average Bonchev–Trinajstić information content (AvgIpc) is 2.50. The maximum atomic E-state index is 12.6. The Morgan fingerprint density at radius 3 is 2.55 bits per heavy atom. The summed E-state index contributed by atoms with van der Waals surface area (Å²) >= 11 is 0. The second-order valence-corrected chi connectivity index (χ2v) is 5.27. The number of hydrogen-bond donors (Lipinski definition) is 1. The summed E-state index contributed by atoms with van der Waals surface area (Å²) < 4.78 is 0. The number of rotatable bonds is 6. The third-order valence-corrected chi connectivity index (χ3v) is 3.93. The van der Waals surface area contributed by atoms with Crippen molar-refractivity contribution in [2.45, 2.75) is 33.2 Å². The molecule has 2 rings (SSSR count). The summed E-state index contributed by atoms with van der Waals surface area (Å²) in [5.41, 5.74) is 1.09. The van der Waals surface area contributed by atoms with E-state index in [1.165, 1.54) is 5.39 Å². The van der Waals surface area contributed by atoms with E-state index in [1.54, 1.807) is 0 Å². The van der Waals surface area contributed by atoms with Gasteiger partial charge in [-0.05, 0) is 29.3 Å². The molecule has 1 N–H and O–H groups in total. The van der Waals surface area contributed by atoms with Gasteiger partial charge < -0.3 is 5.32 Å². The molecular formula is C18H25NO. The van der Waals surface area contributed by atoms with Gasteiger partial charge in [-0.3, -0.25) is 4.79 Å². The van der Waals surface area contributed by atoms with Crippen molar-refractivity contribution in [3.63, 3.8) is 0 Å². The number of ketones is 1. The Kier molecular flexibility index (Phi) is 4.91. The van der Waals surface area contributed by atoms with Crippen LogP contribution in [-0.2, 0) is 4.79 Å². The molecule has 0 aliphatic carbocycles. The monoisotopic (exact) mass is 271 g/mol. The van der Waals surface area contributed by atoms with Crippen molar-refractivity contribution >= 4 is 16.6 Å². The Morgan fingerprint density at radius 1 is 1.15 bits per heavy atom. The fraction of sp³-hybridized carbons (Fsp3) is 0.389. The first-order chi connectivity index (χ1) is 9.69. The van der Waals surface area contributed by atoms with E-state index in [1.807, 2.05) is 32.0 Å². The third kappa shape index (κ3) is 2.91. The number of likely N-dealkylation sites (N-methyl/N-ethyl adjacent to an activating group) is 1. The summed E-state index contributed by atoms with van der Waals surface area (Å²) in [4.78, 5) is 12.6. The van der Waals surface area contributed by atoms with Crippen LogP contribution in [0.25, 0.3) is 10.8 Å². The Balaban J connectivity index is 0.00000220. The Hall–Kier alpha value is -1.67. The smallest absolute Gasteiger partial charge is 0.157 e. The maximum Gasteiger partial charge on any atom is 0.157 e. The van der Waals surface area contributed by atoms with Crippen molar-refractivity contribution in [2.75, 3.05) is 6.54 Å². The molecule has 0 amide bonds. The minimum atomic E-state index is -0.207. The van der Waals surface area contributed by atoms with E-state index in [4.69, 9.17) is 0 Å². The van der Waals surface area contributed by atoms with Gasteiger partial charge in [0, 0.05) is 7.34 Å². The number of nitrogens with one attached hydrogen (secondary N) is 1. The van der Waals surface area contributed by atoms with E-state index >= 15 is 0 Å². The zero-order chi connectivity index (χ0) is 14.5. The van der Waals surface area contributed by atoms with Gasteiger partial charge in [0.2, 0.25) is 0 Å². The predicted molar refractivity (Wildman–Crippen MR) is 86.9 cm³/mol. The van der Waals surface area contributed by atoms with Crippen LogP contribution in [-0.4, -0.2) is 12.3 Å². The molecule has 2 heteroatoms. The van der Waals surface area contributed by atoms with Crippen LogP contribution in [0.15, 0.2) is 42.5 Å². The topological polar surface area (TPSA) is 29.1 Å². The van der Waals surface area contributed by atoms with Crippen LogP contribution in [0.2, 0.25) is 0 Å². The van der Waals surface area contributed by atoms with Gasteiger partial charge in [-0.1, -0.05) is 63.2 Å². The first-order valence-corrected chi connectivity index (χ1v) is 7.43. The van der Waals surface area contributed by atoms with Crippen LogP contribution in [0.1, 0.15) is 40.2 Å². The number of fused-ring (bicyclic) bond motifs is 1. The Labute approximate surface area is 122 Å². The molecule has 2 atom stereocenters. The SMILES string of the molecule is CCN[C@H](C(=O)C(C)CC)c1cccc2ccccc12.[HH]. The zero-order valence-corrected chi connectivity index (χ0v) is 12.5. The largest absolute Gasteiger partial charge is 0.304 e. The number of carbonyl (C=O) groups excluding carboxylic acids is 1. The molecule has 0 saturated heterocycles. The summed E-state index contributed by atoms with van der Waals surface area (Å²) in [5, 5.41) is 5.71. The van der Waals surface area contributed by atoms with Gasteiger partial charge in [0.05, 0.1) is 6.04 Å². The molecular weight excluding hydrogens is 246 g/mol. The van der Waals surface area contributed by atoms with Crippen LogP contribution in [0.4, 0.5) is 0 Å². The number of benzene rings is 2. The lowest BCUT2D eigenvalue weighted by atomic mass is 9.90. The molecule has 0 fully saturated rings. The lowest BCUT2D eigenvalue weighted by Gasteiger charge is -2.22. The summed E-state index contributed by atoms with van der Waals surface area (Å²) in [7, 11) is 0. The lowest BCUT2D eigenvalue weighted by Crippen LogP contribution is -2.32. The molecule has 0 saturated carbocycles. The standard InChI is InChI=1S/C18H23NO.H2/c1-4-13(3)18(20)17(19-5-2)16-12-8-10-14-9-6-7-11-15(14)16;/h6-13,17,19H,4-5H2,1-3H3;1H/t13?,17-;/m0./s1.